The van der Waals surface area contributed by atoms with Crippen LogP contribution in [-0.2, 0) is 0 Å². The molecule has 0 bridgehead atoms. The molecule has 1 aliphatic carbocycles. The Hall–Kier alpha value is -2.21. The van der Waals surface area contributed by atoms with E-state index in [4.69, 9.17) is 5.26 Å². The average Bonchev–Trinajstić information content (AvgIpc) is 2.70. The van der Waals surface area contributed by atoms with Crippen LogP contribution in [0.3, 0.4) is 0 Å². The van der Waals surface area contributed by atoms with Gasteiger partial charge in [-0.2, -0.15) is 17.6 Å². The minimum absolute atomic E-state index is 0.278. The van der Waals surface area contributed by atoms with Crippen molar-refractivity contribution >= 4 is 0 Å². The minimum atomic E-state index is 0.278. The zero-order valence-corrected chi connectivity index (χ0v) is 8.96. The number of hydrogen-bond acceptors (Lipinski definition) is 3. The Labute approximate surface area is 95.3 Å². The Morgan fingerprint density at radius 2 is 2.38 bits per heavy atom. The van der Waals surface area contributed by atoms with Crippen LogP contribution >= 0.6 is 0 Å². The molecule has 3 nitrogen and oxygen atoms in total. The molecule has 3 aliphatic rings. The van der Waals surface area contributed by atoms with Crippen LogP contribution in [0.5, 0.6) is 0 Å². The molecule has 3 heteroatoms. The molecule has 0 aromatic heterocycles. The summed E-state index contributed by atoms with van der Waals surface area (Å²) in [6, 6.07) is 2.16. The molecule has 80 valence electrons. The van der Waals surface area contributed by atoms with E-state index in [0.717, 1.165) is 11.6 Å². The van der Waals surface area contributed by atoms with Gasteiger partial charge in [0.15, 0.2) is 0 Å². The molecular formula is C13H11N3-2. The molecule has 0 fully saturated rings. The average molecular weight is 209 g/mol. The molecule has 0 spiro atoms. The second-order valence-electron chi connectivity index (χ2n) is 4.03. The third-order valence-corrected chi connectivity index (χ3v) is 3.05. The second-order valence-corrected chi connectivity index (χ2v) is 4.03. The van der Waals surface area contributed by atoms with Crippen molar-refractivity contribution in [3.8, 4) is 6.07 Å². The van der Waals surface area contributed by atoms with Crippen molar-refractivity contribution in [2.45, 2.75) is 6.17 Å². The number of fused-ring (bicyclic) bond motifs is 3. The molecule has 0 N–H and O–H groups in total. The highest BCUT2D eigenvalue weighted by Gasteiger charge is 2.23. The molecule has 1 atom stereocenters. The van der Waals surface area contributed by atoms with Crippen LogP contribution in [0, 0.1) is 23.7 Å². The highest BCUT2D eigenvalue weighted by Crippen LogP contribution is 2.36. The lowest BCUT2D eigenvalue weighted by Crippen LogP contribution is -2.38. The minimum Gasteiger partial charge on any atom is -0.388 e. The Bertz CT molecular complexity index is 476. The molecule has 0 aromatic rings. The van der Waals surface area contributed by atoms with Gasteiger partial charge in [0.1, 0.15) is 0 Å². The van der Waals surface area contributed by atoms with Crippen LogP contribution in [0.1, 0.15) is 0 Å². The maximum Gasteiger partial charge on any atom is 0.0809 e. The maximum absolute atomic E-state index is 8.86. The molecule has 2 heterocycles. The van der Waals surface area contributed by atoms with E-state index in [1.807, 2.05) is 18.6 Å². The third kappa shape index (κ3) is 1.13. The lowest BCUT2D eigenvalue weighted by atomic mass is 9.90. The molecule has 0 radical (unpaired) electrons. The van der Waals surface area contributed by atoms with Crippen molar-refractivity contribution in [3.63, 3.8) is 0 Å². The van der Waals surface area contributed by atoms with Crippen LogP contribution in [0.4, 0.5) is 0 Å². The van der Waals surface area contributed by atoms with E-state index in [2.05, 4.69) is 47.5 Å². The molecule has 0 saturated heterocycles. The quantitative estimate of drug-likeness (QED) is 0.569. The molecule has 2 aliphatic heterocycles. The molecule has 0 aromatic carbocycles. The monoisotopic (exact) mass is 209 g/mol. The third-order valence-electron chi connectivity index (χ3n) is 3.05. The van der Waals surface area contributed by atoms with Gasteiger partial charge in [-0.05, 0) is 0 Å². The van der Waals surface area contributed by atoms with Crippen LogP contribution < -0.4 is 0 Å². The van der Waals surface area contributed by atoms with Gasteiger partial charge in [-0.1, -0.05) is 6.07 Å². The zero-order valence-electron chi connectivity index (χ0n) is 8.96. The van der Waals surface area contributed by atoms with E-state index >= 15 is 0 Å². The highest BCUT2D eigenvalue weighted by molar-refractivity contribution is 5.56. The first-order chi connectivity index (χ1) is 7.79. The summed E-state index contributed by atoms with van der Waals surface area (Å²) >= 11 is 0. The SMILES string of the molecule is CN1C=CN2C3=C[CH-]C(C#N)=C[C-]3C=CC12. The van der Waals surface area contributed by atoms with Crippen molar-refractivity contribution in [2.75, 3.05) is 7.05 Å². The van der Waals surface area contributed by atoms with E-state index in [9.17, 15) is 0 Å². The largest absolute Gasteiger partial charge is 0.388 e. The topological polar surface area (TPSA) is 30.3 Å². The number of likely N-dealkylation sites (N-methyl/N-ethyl adjacent to an activating group) is 1. The Morgan fingerprint density at radius 1 is 1.50 bits per heavy atom. The summed E-state index contributed by atoms with van der Waals surface area (Å²) in [7, 11) is 2.06. The van der Waals surface area contributed by atoms with E-state index in [1.54, 1.807) is 0 Å². The summed E-state index contributed by atoms with van der Waals surface area (Å²) in [6.07, 6.45) is 14.4. The lowest BCUT2D eigenvalue weighted by Gasteiger charge is -2.47. The molecular weight excluding hydrogens is 198 g/mol. The summed E-state index contributed by atoms with van der Waals surface area (Å²) in [4.78, 5) is 4.36. The van der Waals surface area contributed by atoms with Crippen LogP contribution in [0.15, 0.2) is 48.0 Å². The van der Waals surface area contributed by atoms with Gasteiger partial charge in [0.2, 0.25) is 0 Å². The smallest absolute Gasteiger partial charge is 0.0809 e. The number of hydrogen-bond donors (Lipinski definition) is 0. The summed E-state index contributed by atoms with van der Waals surface area (Å²) < 4.78 is 0. The summed E-state index contributed by atoms with van der Waals surface area (Å²) in [5, 5.41) is 8.86. The van der Waals surface area contributed by atoms with Gasteiger partial charge in [0.05, 0.1) is 6.17 Å². The first-order valence-corrected chi connectivity index (χ1v) is 5.20. The fourth-order valence-electron chi connectivity index (χ4n) is 2.18. The molecule has 0 amide bonds. The Morgan fingerprint density at radius 3 is 3.19 bits per heavy atom. The van der Waals surface area contributed by atoms with Gasteiger partial charge in [-0.15, -0.1) is 11.8 Å². The first kappa shape index (κ1) is 9.05. The Kier molecular flexibility index (Phi) is 1.78. The highest BCUT2D eigenvalue weighted by atomic mass is 15.4. The van der Waals surface area contributed by atoms with E-state index in [1.165, 1.54) is 0 Å². The van der Waals surface area contributed by atoms with Crippen LogP contribution in [0.2, 0.25) is 0 Å². The van der Waals surface area contributed by atoms with Crippen molar-refractivity contribution in [1.29, 1.82) is 5.26 Å². The van der Waals surface area contributed by atoms with Crippen molar-refractivity contribution in [2.24, 2.45) is 0 Å². The summed E-state index contributed by atoms with van der Waals surface area (Å²) in [6.45, 7) is 0. The van der Waals surface area contributed by atoms with Crippen LogP contribution in [-0.4, -0.2) is 23.0 Å². The number of nitrogens with zero attached hydrogens (tertiary/aromatic N) is 3. The van der Waals surface area contributed by atoms with Crippen molar-refractivity contribution in [3.05, 3.63) is 60.3 Å². The Balaban J connectivity index is 1.97. The zero-order chi connectivity index (χ0) is 11.1. The van der Waals surface area contributed by atoms with Gasteiger partial charge < -0.3 is 9.80 Å². The molecule has 1 unspecified atom stereocenters. The van der Waals surface area contributed by atoms with Crippen molar-refractivity contribution < 1.29 is 0 Å². The molecule has 0 saturated carbocycles. The standard InChI is InChI=1S/C13H11N3/c1-15-6-7-16-12-4-2-10(9-14)8-11(12)3-5-13(15)16/h2-8,13H,1H3/q-2. The molecule has 16 heavy (non-hydrogen) atoms. The predicted octanol–water partition coefficient (Wildman–Crippen LogP) is 1.73. The van der Waals surface area contributed by atoms with Gasteiger partial charge in [0.25, 0.3) is 0 Å². The van der Waals surface area contributed by atoms with E-state index in [0.29, 0.717) is 5.57 Å². The second kappa shape index (κ2) is 3.14. The van der Waals surface area contributed by atoms with Gasteiger partial charge in [-0.3, -0.25) is 5.26 Å². The van der Waals surface area contributed by atoms with E-state index in [-0.39, 0.29) is 6.17 Å². The van der Waals surface area contributed by atoms with Crippen LogP contribution in [0.25, 0.3) is 0 Å². The number of allylic oxidation sites excluding steroid dienone is 3. The maximum atomic E-state index is 8.86. The van der Waals surface area contributed by atoms with Gasteiger partial charge in [0, 0.05) is 19.4 Å². The predicted molar refractivity (Wildman–Crippen MR) is 61.0 cm³/mol. The fraction of sp³-hybridized carbons (Fsp3) is 0.154. The first-order valence-electron chi connectivity index (χ1n) is 5.20. The summed E-state index contributed by atoms with van der Waals surface area (Å²) in [5.74, 6) is 1.11. The number of rotatable bonds is 0. The van der Waals surface area contributed by atoms with E-state index < -0.39 is 0 Å². The van der Waals surface area contributed by atoms with Gasteiger partial charge in [-0.25, -0.2) is 18.6 Å². The fourth-order valence-corrected chi connectivity index (χ4v) is 2.18. The summed E-state index contributed by atoms with van der Waals surface area (Å²) in [5.41, 5.74) is 1.87. The van der Waals surface area contributed by atoms with Gasteiger partial charge >= 0.3 is 0 Å². The number of nitriles is 1. The normalized spacial score (nSPS) is 25.5. The van der Waals surface area contributed by atoms with Crippen molar-refractivity contribution in [1.82, 2.24) is 9.80 Å². The lowest BCUT2D eigenvalue weighted by molar-refractivity contribution is 0.258. The molecule has 3 rings (SSSR count).